The Balaban J connectivity index is 1.98. The highest BCUT2D eigenvalue weighted by atomic mass is 15.1. The second kappa shape index (κ2) is 6.02. The Bertz CT molecular complexity index is 805. The molecule has 0 saturated heterocycles. The molecular weight excluding hydrogens is 272 g/mol. The van der Waals surface area contributed by atoms with Gasteiger partial charge in [-0.15, -0.1) is 0 Å². The fraction of sp³-hybridized carbons (Fsp3) is 0.222. The standard InChI is InChI=1S/C18H20N4/c1-3-18(21-11-15-5-4-6-16(19)13(15)2)22-10-8-14-7-9-20-12-17(14)22/h4-13H,3,19H2,1-2H3/b15-11-,21-18+. The molecule has 4 nitrogen and oxygen atoms in total. The number of allylic oxidation sites excluding steroid dienone is 4. The summed E-state index contributed by atoms with van der Waals surface area (Å²) in [7, 11) is 0. The lowest BCUT2D eigenvalue weighted by molar-refractivity contribution is 0.798. The van der Waals surface area contributed by atoms with E-state index in [9.17, 15) is 0 Å². The third-order valence-electron chi connectivity index (χ3n) is 4.03. The van der Waals surface area contributed by atoms with Crippen molar-refractivity contribution in [1.82, 2.24) is 9.55 Å². The lowest BCUT2D eigenvalue weighted by atomic mass is 9.94. The third-order valence-corrected chi connectivity index (χ3v) is 4.03. The Morgan fingerprint density at radius 3 is 3.14 bits per heavy atom. The first-order chi connectivity index (χ1) is 10.7. The van der Waals surface area contributed by atoms with Crippen molar-refractivity contribution in [2.24, 2.45) is 16.6 Å². The maximum atomic E-state index is 5.98. The van der Waals surface area contributed by atoms with Gasteiger partial charge in [-0.05, 0) is 23.8 Å². The number of nitrogens with two attached hydrogens (primary N) is 1. The number of rotatable bonds is 2. The Morgan fingerprint density at radius 1 is 1.45 bits per heavy atom. The molecule has 0 fully saturated rings. The van der Waals surface area contributed by atoms with Crippen molar-refractivity contribution < 1.29 is 0 Å². The predicted molar refractivity (Wildman–Crippen MR) is 91.5 cm³/mol. The summed E-state index contributed by atoms with van der Waals surface area (Å²) < 4.78 is 2.09. The summed E-state index contributed by atoms with van der Waals surface area (Å²) in [5, 5.41) is 1.17. The molecule has 2 heterocycles. The second-order valence-corrected chi connectivity index (χ2v) is 5.40. The number of fused-ring (bicyclic) bond motifs is 1. The first-order valence-corrected chi connectivity index (χ1v) is 7.52. The van der Waals surface area contributed by atoms with E-state index in [0.29, 0.717) is 0 Å². The number of aromatic nitrogens is 2. The first kappa shape index (κ1) is 14.3. The normalized spacial score (nSPS) is 20.6. The average Bonchev–Trinajstić information content (AvgIpc) is 2.96. The van der Waals surface area contributed by atoms with E-state index in [1.807, 2.05) is 36.8 Å². The van der Waals surface area contributed by atoms with E-state index in [1.165, 1.54) is 5.39 Å². The van der Waals surface area contributed by atoms with Gasteiger partial charge in [-0.3, -0.25) is 4.98 Å². The average molecular weight is 292 g/mol. The zero-order chi connectivity index (χ0) is 15.5. The molecule has 1 atom stereocenters. The molecule has 0 aromatic carbocycles. The van der Waals surface area contributed by atoms with Crippen molar-refractivity contribution in [3.8, 4) is 0 Å². The van der Waals surface area contributed by atoms with Gasteiger partial charge in [0.05, 0.1) is 11.7 Å². The van der Waals surface area contributed by atoms with Crippen LogP contribution in [0, 0.1) is 5.92 Å². The molecule has 1 aliphatic carbocycles. The van der Waals surface area contributed by atoms with Crippen LogP contribution in [0.4, 0.5) is 0 Å². The summed E-state index contributed by atoms with van der Waals surface area (Å²) in [5.41, 5.74) is 9.06. The minimum atomic E-state index is 0.204. The minimum absolute atomic E-state index is 0.204. The van der Waals surface area contributed by atoms with E-state index in [4.69, 9.17) is 10.7 Å². The van der Waals surface area contributed by atoms with Gasteiger partial charge in [0.2, 0.25) is 0 Å². The Hall–Kier alpha value is -2.62. The highest BCUT2D eigenvalue weighted by molar-refractivity contribution is 5.95. The first-order valence-electron chi connectivity index (χ1n) is 7.52. The van der Waals surface area contributed by atoms with Crippen molar-refractivity contribution in [1.29, 1.82) is 0 Å². The van der Waals surface area contributed by atoms with Crippen LogP contribution in [0.3, 0.4) is 0 Å². The molecule has 2 aromatic rings. The summed E-state index contributed by atoms with van der Waals surface area (Å²) in [6, 6.07) is 4.09. The lowest BCUT2D eigenvalue weighted by Crippen LogP contribution is -2.13. The SMILES string of the molecule is CC/C(=N\C=C1\C=CC=C(N)C1C)n1ccc2ccncc21. The van der Waals surface area contributed by atoms with Crippen LogP contribution in [0.25, 0.3) is 10.9 Å². The van der Waals surface area contributed by atoms with Gasteiger partial charge in [0, 0.05) is 42.0 Å². The number of pyridine rings is 1. The van der Waals surface area contributed by atoms with E-state index < -0.39 is 0 Å². The molecule has 1 unspecified atom stereocenters. The van der Waals surface area contributed by atoms with E-state index in [2.05, 4.69) is 35.5 Å². The smallest absolute Gasteiger partial charge is 0.112 e. The fourth-order valence-corrected chi connectivity index (χ4v) is 2.58. The number of hydrogen-bond acceptors (Lipinski definition) is 3. The maximum absolute atomic E-state index is 5.98. The van der Waals surface area contributed by atoms with Crippen LogP contribution in [-0.2, 0) is 0 Å². The van der Waals surface area contributed by atoms with Crippen molar-refractivity contribution in [3.63, 3.8) is 0 Å². The predicted octanol–water partition coefficient (Wildman–Crippen LogP) is 3.63. The molecule has 0 amide bonds. The fourth-order valence-electron chi connectivity index (χ4n) is 2.58. The van der Waals surface area contributed by atoms with Gasteiger partial charge in [-0.25, -0.2) is 4.99 Å². The molecule has 3 rings (SSSR count). The Labute approximate surface area is 130 Å². The molecule has 2 N–H and O–H groups in total. The van der Waals surface area contributed by atoms with Crippen molar-refractivity contribution >= 4 is 16.7 Å². The summed E-state index contributed by atoms with van der Waals surface area (Å²) >= 11 is 0. The zero-order valence-electron chi connectivity index (χ0n) is 12.9. The van der Waals surface area contributed by atoms with Crippen LogP contribution in [0.1, 0.15) is 20.3 Å². The summed E-state index contributed by atoms with van der Waals surface area (Å²) in [6.07, 6.45) is 14.5. The van der Waals surface area contributed by atoms with Gasteiger partial charge in [0.25, 0.3) is 0 Å². The van der Waals surface area contributed by atoms with Crippen LogP contribution in [0.5, 0.6) is 0 Å². The summed E-state index contributed by atoms with van der Waals surface area (Å²) in [5.74, 6) is 1.19. The minimum Gasteiger partial charge on any atom is -0.402 e. The maximum Gasteiger partial charge on any atom is 0.112 e. The monoisotopic (exact) mass is 292 g/mol. The molecule has 0 saturated carbocycles. The highest BCUT2D eigenvalue weighted by Gasteiger charge is 2.12. The van der Waals surface area contributed by atoms with Crippen LogP contribution in [0.15, 0.2) is 71.4 Å². The van der Waals surface area contributed by atoms with Crippen molar-refractivity contribution in [3.05, 3.63) is 66.4 Å². The zero-order valence-corrected chi connectivity index (χ0v) is 12.9. The lowest BCUT2D eigenvalue weighted by Gasteiger charge is -2.16. The van der Waals surface area contributed by atoms with Gasteiger partial charge in [-0.1, -0.05) is 26.0 Å². The largest absolute Gasteiger partial charge is 0.402 e. The molecule has 1 aliphatic rings. The van der Waals surface area contributed by atoms with Gasteiger partial charge < -0.3 is 10.3 Å². The van der Waals surface area contributed by atoms with Gasteiger partial charge in [0.15, 0.2) is 0 Å². The van der Waals surface area contributed by atoms with E-state index in [1.54, 1.807) is 6.20 Å². The molecule has 0 bridgehead atoms. The van der Waals surface area contributed by atoms with E-state index >= 15 is 0 Å². The van der Waals surface area contributed by atoms with E-state index in [-0.39, 0.29) is 5.92 Å². The van der Waals surface area contributed by atoms with Gasteiger partial charge in [-0.2, -0.15) is 0 Å². The van der Waals surface area contributed by atoms with Gasteiger partial charge in [0.1, 0.15) is 5.84 Å². The van der Waals surface area contributed by atoms with Crippen LogP contribution < -0.4 is 5.73 Å². The number of aliphatic imine (C=N–C) groups is 1. The van der Waals surface area contributed by atoms with E-state index in [0.717, 1.165) is 29.0 Å². The van der Waals surface area contributed by atoms with Crippen LogP contribution in [-0.4, -0.2) is 15.4 Å². The molecule has 4 heteroatoms. The molecule has 2 aromatic heterocycles. The van der Waals surface area contributed by atoms with Gasteiger partial charge >= 0.3 is 0 Å². The second-order valence-electron chi connectivity index (χ2n) is 5.40. The van der Waals surface area contributed by atoms with Crippen molar-refractivity contribution in [2.45, 2.75) is 20.3 Å². The summed E-state index contributed by atoms with van der Waals surface area (Å²) in [4.78, 5) is 8.91. The molecule has 112 valence electrons. The molecule has 22 heavy (non-hydrogen) atoms. The quantitative estimate of drug-likeness (QED) is 0.679. The number of hydrogen-bond donors (Lipinski definition) is 1. The summed E-state index contributed by atoms with van der Waals surface area (Å²) in [6.45, 7) is 4.20. The molecule has 0 radical (unpaired) electrons. The van der Waals surface area contributed by atoms with Crippen molar-refractivity contribution in [2.75, 3.05) is 0 Å². The molecular formula is C18H20N4. The Morgan fingerprint density at radius 2 is 2.32 bits per heavy atom. The highest BCUT2D eigenvalue weighted by Crippen LogP contribution is 2.22. The third kappa shape index (κ3) is 2.60. The molecule has 0 aliphatic heterocycles. The molecule has 0 spiro atoms. The topological polar surface area (TPSA) is 56.2 Å². The van der Waals surface area contributed by atoms with Crippen LogP contribution in [0.2, 0.25) is 0 Å². The van der Waals surface area contributed by atoms with Crippen LogP contribution >= 0.6 is 0 Å². The Kier molecular flexibility index (Phi) is 3.92. The number of nitrogens with zero attached hydrogens (tertiary/aromatic N) is 3.